The number of rotatable bonds is 12. The van der Waals surface area contributed by atoms with Crippen molar-refractivity contribution in [1.82, 2.24) is 0 Å². The molecule has 0 bridgehead atoms. The molecule has 0 saturated carbocycles. The molecule has 22 heavy (non-hydrogen) atoms. The van der Waals surface area contributed by atoms with Gasteiger partial charge in [-0.2, -0.15) is 0 Å². The number of hydrogen-bond donors (Lipinski definition) is 3. The van der Waals surface area contributed by atoms with Crippen molar-refractivity contribution in [3.8, 4) is 0 Å². The fourth-order valence-corrected chi connectivity index (χ4v) is 4.55. The summed E-state index contributed by atoms with van der Waals surface area (Å²) in [5, 5.41) is 25.9. The Morgan fingerprint density at radius 1 is 0.636 bits per heavy atom. The number of aliphatic hydroxyl groups excluding tert-OH is 3. The fraction of sp³-hybridized carbons (Fsp3) is 0.750. The Morgan fingerprint density at radius 3 is 1.14 bits per heavy atom. The predicted octanol–water partition coefficient (Wildman–Crippen LogP) is -1.08. The third kappa shape index (κ3) is 11.8. The van der Waals surface area contributed by atoms with E-state index in [1.54, 1.807) is 0 Å². The number of hydrogen-bond acceptors (Lipinski definition) is 9. The normalized spacial score (nSPS) is 10.4. The van der Waals surface area contributed by atoms with Crippen molar-refractivity contribution in [2.75, 3.05) is 19.8 Å². The molecular weight excluding hydrogens is 497 g/mol. The summed E-state index contributed by atoms with van der Waals surface area (Å²) in [5.74, 6) is -2.13. The minimum atomic E-state index is -4.03. The van der Waals surface area contributed by atoms with Crippen molar-refractivity contribution < 1.29 is 38.1 Å². The van der Waals surface area contributed by atoms with Gasteiger partial charge in [-0.3, -0.25) is 0 Å². The van der Waals surface area contributed by atoms with Crippen LogP contribution < -0.4 is 0 Å². The van der Waals surface area contributed by atoms with Crippen molar-refractivity contribution in [3.63, 3.8) is 0 Å². The molecule has 9 nitrogen and oxygen atoms in total. The predicted molar refractivity (Wildman–Crippen MR) is 73.0 cm³/mol. The Kier molecular flexibility index (Phi) is 13.3. The number of aliphatic hydroxyl groups is 3. The molecule has 0 saturated heterocycles. The van der Waals surface area contributed by atoms with E-state index in [-0.39, 0.29) is 58.3 Å². The van der Waals surface area contributed by atoms with Crippen molar-refractivity contribution >= 4 is 41.0 Å². The van der Waals surface area contributed by atoms with Gasteiger partial charge in [0.2, 0.25) is 0 Å². The van der Waals surface area contributed by atoms with Crippen LogP contribution in [0.3, 0.4) is 0 Å². The van der Waals surface area contributed by atoms with Crippen LogP contribution in [0.25, 0.3) is 0 Å². The van der Waals surface area contributed by atoms with Gasteiger partial charge in [0, 0.05) is 0 Å². The monoisotopic (exact) mass is 518 g/mol. The van der Waals surface area contributed by atoms with Crippen LogP contribution >= 0.6 is 0 Å². The molecule has 0 fully saturated rings. The Hall–Kier alpha value is -0.827. The van der Waals surface area contributed by atoms with E-state index in [1.165, 1.54) is 0 Å². The SMILES string of the molecule is O=C(CCCO)[O][Bi]([O]C(=O)CCCO)[O]C(=O)CCCO. The van der Waals surface area contributed by atoms with E-state index in [2.05, 4.69) is 0 Å². The van der Waals surface area contributed by atoms with Crippen LogP contribution in [-0.2, 0) is 22.8 Å². The molecule has 0 aromatic rings. The summed E-state index contributed by atoms with van der Waals surface area (Å²) in [4.78, 5) is 34.4. The zero-order valence-corrected chi connectivity index (χ0v) is 15.6. The average molecular weight is 518 g/mol. The summed E-state index contributed by atoms with van der Waals surface area (Å²) >= 11 is -4.03. The first kappa shape index (κ1) is 21.2. The van der Waals surface area contributed by atoms with Gasteiger partial charge in [-0.15, -0.1) is 0 Å². The Morgan fingerprint density at radius 2 is 0.909 bits per heavy atom. The second-order valence-electron chi connectivity index (χ2n) is 4.09. The molecule has 10 heteroatoms. The van der Waals surface area contributed by atoms with Crippen molar-refractivity contribution in [3.05, 3.63) is 0 Å². The van der Waals surface area contributed by atoms with Gasteiger partial charge in [0.1, 0.15) is 0 Å². The van der Waals surface area contributed by atoms with Crippen molar-refractivity contribution in [2.45, 2.75) is 38.5 Å². The molecule has 3 N–H and O–H groups in total. The van der Waals surface area contributed by atoms with Gasteiger partial charge in [0.15, 0.2) is 0 Å². The van der Waals surface area contributed by atoms with E-state index in [4.69, 9.17) is 23.8 Å². The molecule has 0 aliphatic carbocycles. The summed E-state index contributed by atoms with van der Waals surface area (Å²) in [6, 6.07) is 0. The molecule has 0 aliphatic rings. The average Bonchev–Trinajstić information content (AvgIpc) is 2.48. The molecular formula is C12H21BiO9. The van der Waals surface area contributed by atoms with E-state index in [1.807, 2.05) is 0 Å². The van der Waals surface area contributed by atoms with Crippen LogP contribution in [0.1, 0.15) is 38.5 Å². The molecule has 128 valence electrons. The third-order valence-corrected chi connectivity index (χ3v) is 6.26. The molecule has 0 amide bonds. The standard InChI is InChI=1S/3C4H8O3.Bi/c3*5-3-1-2-4(6)7;/h3*5H,1-3H2,(H,6,7);/q;;;+3/p-3. The topological polar surface area (TPSA) is 140 Å². The van der Waals surface area contributed by atoms with Gasteiger partial charge in [-0.25, -0.2) is 0 Å². The first-order valence-electron chi connectivity index (χ1n) is 6.78. The summed E-state index contributed by atoms with van der Waals surface area (Å²) in [6.07, 6.45) is 0.327. The number of carbonyl (C=O) groups is 3. The minimum absolute atomic E-state index is 0.0787. The van der Waals surface area contributed by atoms with Gasteiger partial charge >= 0.3 is 137 Å². The van der Waals surface area contributed by atoms with Crippen molar-refractivity contribution in [2.24, 2.45) is 0 Å². The zero-order chi connectivity index (χ0) is 16.8. The maximum absolute atomic E-state index is 11.5. The van der Waals surface area contributed by atoms with Crippen LogP contribution in [0.5, 0.6) is 0 Å². The molecule has 0 atom stereocenters. The third-order valence-electron chi connectivity index (χ3n) is 2.15. The molecule has 0 unspecified atom stereocenters. The second kappa shape index (κ2) is 13.8. The van der Waals surface area contributed by atoms with Gasteiger partial charge in [0.25, 0.3) is 0 Å². The van der Waals surface area contributed by atoms with Gasteiger partial charge in [-0.1, -0.05) is 0 Å². The van der Waals surface area contributed by atoms with E-state index in [0.717, 1.165) is 0 Å². The van der Waals surface area contributed by atoms with Crippen LogP contribution in [0, 0.1) is 0 Å². The summed E-state index contributed by atoms with van der Waals surface area (Å²) < 4.78 is 14.7. The molecule has 0 spiro atoms. The van der Waals surface area contributed by atoms with Crippen molar-refractivity contribution in [1.29, 1.82) is 0 Å². The molecule has 0 aliphatic heterocycles. The van der Waals surface area contributed by atoms with E-state index in [9.17, 15) is 14.4 Å². The van der Waals surface area contributed by atoms with Crippen LogP contribution in [0.4, 0.5) is 0 Å². The zero-order valence-electron chi connectivity index (χ0n) is 12.1. The second-order valence-corrected chi connectivity index (χ2v) is 7.96. The Bertz CT molecular complexity index is 295. The maximum atomic E-state index is 11.5. The Labute approximate surface area is 137 Å². The fourth-order valence-electron chi connectivity index (χ4n) is 1.11. The summed E-state index contributed by atoms with van der Waals surface area (Å²) in [6.45, 7) is -0.580. The van der Waals surface area contributed by atoms with Gasteiger partial charge in [-0.05, 0) is 0 Å². The van der Waals surface area contributed by atoms with Crippen LogP contribution in [0.2, 0.25) is 0 Å². The molecule has 0 aromatic heterocycles. The van der Waals surface area contributed by atoms with Gasteiger partial charge < -0.3 is 0 Å². The van der Waals surface area contributed by atoms with E-state index in [0.29, 0.717) is 0 Å². The first-order chi connectivity index (χ1) is 10.5. The van der Waals surface area contributed by atoms with Crippen LogP contribution in [0.15, 0.2) is 0 Å². The van der Waals surface area contributed by atoms with Gasteiger partial charge in [0.05, 0.1) is 0 Å². The quantitative estimate of drug-likeness (QED) is 0.275. The molecule has 0 rings (SSSR count). The summed E-state index contributed by atoms with van der Waals surface area (Å²) in [7, 11) is 0. The molecule has 0 aromatic carbocycles. The number of carbonyl (C=O) groups excluding carboxylic acids is 3. The Balaban J connectivity index is 4.44. The van der Waals surface area contributed by atoms with E-state index >= 15 is 0 Å². The molecule has 0 radical (unpaired) electrons. The summed E-state index contributed by atoms with van der Waals surface area (Å²) in [5.41, 5.74) is 0. The van der Waals surface area contributed by atoms with Crippen LogP contribution in [-0.4, -0.2) is 76.1 Å². The molecule has 0 heterocycles. The first-order valence-corrected chi connectivity index (χ1v) is 11.0. The van der Waals surface area contributed by atoms with E-state index < -0.39 is 41.0 Å².